The van der Waals surface area contributed by atoms with E-state index in [1.807, 2.05) is 0 Å². The molecule has 0 radical (unpaired) electrons. The predicted octanol–water partition coefficient (Wildman–Crippen LogP) is -0.996. The molecule has 1 aliphatic heterocycles. The second-order valence-corrected chi connectivity index (χ2v) is 2.98. The molecule has 1 heterocycles. The Morgan fingerprint density at radius 3 is 2.83 bits per heavy atom. The van der Waals surface area contributed by atoms with Gasteiger partial charge in [0.05, 0.1) is 7.11 Å². The van der Waals surface area contributed by atoms with Crippen LogP contribution in [0.4, 0.5) is 4.79 Å². The van der Waals surface area contributed by atoms with Gasteiger partial charge in [0.1, 0.15) is 0 Å². The van der Waals surface area contributed by atoms with Crippen molar-refractivity contribution in [2.45, 2.75) is 6.04 Å². The number of amides is 1. The Balaban J connectivity index is 2.48. The van der Waals surface area contributed by atoms with Crippen LogP contribution in [0.2, 0.25) is 0 Å². The van der Waals surface area contributed by atoms with Gasteiger partial charge in [0, 0.05) is 31.7 Å². The molecule has 1 aliphatic rings. The first-order valence-electron chi connectivity index (χ1n) is 3.88. The average Bonchev–Trinajstić information content (AvgIpc) is 2.45. The summed E-state index contributed by atoms with van der Waals surface area (Å²) < 4.78 is 4.53. The molecule has 0 aromatic heterocycles. The summed E-state index contributed by atoms with van der Waals surface area (Å²) in [7, 11) is 1.33. The Labute approximate surface area is 71.1 Å². The van der Waals surface area contributed by atoms with Gasteiger partial charge in [0.15, 0.2) is 0 Å². The minimum absolute atomic E-state index is 0.0101. The second-order valence-electron chi connectivity index (χ2n) is 2.98. The summed E-state index contributed by atoms with van der Waals surface area (Å²) in [5.74, 6) is -0.0101. The Morgan fingerprint density at radius 1 is 1.75 bits per heavy atom. The highest BCUT2D eigenvalue weighted by molar-refractivity contribution is 5.67. The number of rotatable bonds is 1. The molecule has 0 bridgehead atoms. The van der Waals surface area contributed by atoms with Crippen LogP contribution in [0.25, 0.3) is 0 Å². The summed E-state index contributed by atoms with van der Waals surface area (Å²) in [4.78, 5) is 12.5. The first-order chi connectivity index (χ1) is 5.69. The summed E-state index contributed by atoms with van der Waals surface area (Å²) in [5.41, 5.74) is 5.66. The number of hydrogen-bond acceptors (Lipinski definition) is 4. The van der Waals surface area contributed by atoms with Gasteiger partial charge in [0.2, 0.25) is 0 Å². The maximum Gasteiger partial charge on any atom is 0.409 e. The summed E-state index contributed by atoms with van der Waals surface area (Å²) in [5, 5.41) is 8.85. The molecule has 1 amide bonds. The zero-order valence-corrected chi connectivity index (χ0v) is 7.06. The molecule has 2 unspecified atom stereocenters. The number of methoxy groups -OCH3 is 1. The van der Waals surface area contributed by atoms with Gasteiger partial charge in [-0.25, -0.2) is 4.79 Å². The Hall–Kier alpha value is -0.810. The number of hydrogen-bond donors (Lipinski definition) is 2. The zero-order chi connectivity index (χ0) is 9.14. The first-order valence-corrected chi connectivity index (χ1v) is 3.88. The quantitative estimate of drug-likeness (QED) is 0.535. The number of carbonyl (C=O) groups is 1. The standard InChI is InChI=1S/C7H14N2O3/c1-12-7(11)9-2-5(4-10)6(8)3-9/h5-6,10H,2-4,8H2,1H3. The highest BCUT2D eigenvalue weighted by Crippen LogP contribution is 2.14. The molecule has 0 aromatic carbocycles. The maximum atomic E-state index is 11.0. The summed E-state index contributed by atoms with van der Waals surface area (Å²) in [6.07, 6.45) is -0.374. The topological polar surface area (TPSA) is 75.8 Å². The molecule has 5 nitrogen and oxygen atoms in total. The van der Waals surface area contributed by atoms with Crippen LogP contribution >= 0.6 is 0 Å². The van der Waals surface area contributed by atoms with E-state index in [4.69, 9.17) is 10.8 Å². The van der Waals surface area contributed by atoms with Crippen LogP contribution in [-0.2, 0) is 4.74 Å². The van der Waals surface area contributed by atoms with Crippen LogP contribution in [0.15, 0.2) is 0 Å². The molecule has 0 aliphatic carbocycles. The SMILES string of the molecule is COC(=O)N1CC(N)C(CO)C1. The average molecular weight is 174 g/mol. The van der Waals surface area contributed by atoms with Gasteiger partial charge >= 0.3 is 6.09 Å². The van der Waals surface area contributed by atoms with Crippen LogP contribution in [-0.4, -0.2) is 48.9 Å². The third-order valence-corrected chi connectivity index (χ3v) is 2.16. The highest BCUT2D eigenvalue weighted by atomic mass is 16.5. The van der Waals surface area contributed by atoms with Gasteiger partial charge in [-0.1, -0.05) is 0 Å². The normalized spacial score (nSPS) is 29.1. The number of carbonyl (C=O) groups excluding carboxylic acids is 1. The van der Waals surface area contributed by atoms with Crippen molar-refractivity contribution < 1.29 is 14.6 Å². The van der Waals surface area contributed by atoms with E-state index < -0.39 is 0 Å². The molecule has 5 heteroatoms. The Bertz CT molecular complexity index is 174. The van der Waals surface area contributed by atoms with Crippen molar-refractivity contribution in [2.24, 2.45) is 11.7 Å². The van der Waals surface area contributed by atoms with E-state index in [2.05, 4.69) is 4.74 Å². The molecular formula is C7H14N2O3. The fraction of sp³-hybridized carbons (Fsp3) is 0.857. The number of aliphatic hydroxyl groups is 1. The van der Waals surface area contributed by atoms with Crippen molar-refractivity contribution in [1.82, 2.24) is 4.90 Å². The number of nitrogens with two attached hydrogens (primary N) is 1. The Kier molecular flexibility index (Phi) is 2.88. The molecule has 12 heavy (non-hydrogen) atoms. The van der Waals surface area contributed by atoms with E-state index in [0.29, 0.717) is 13.1 Å². The van der Waals surface area contributed by atoms with E-state index in [1.165, 1.54) is 12.0 Å². The van der Waals surface area contributed by atoms with Gasteiger partial charge < -0.3 is 20.5 Å². The molecule has 0 saturated carbocycles. The monoisotopic (exact) mass is 174 g/mol. The van der Waals surface area contributed by atoms with Crippen LogP contribution in [0.5, 0.6) is 0 Å². The molecular weight excluding hydrogens is 160 g/mol. The smallest absolute Gasteiger partial charge is 0.409 e. The molecule has 1 saturated heterocycles. The van der Waals surface area contributed by atoms with E-state index in [1.54, 1.807) is 0 Å². The second kappa shape index (κ2) is 3.73. The lowest BCUT2D eigenvalue weighted by atomic mass is 10.1. The van der Waals surface area contributed by atoms with Crippen molar-refractivity contribution in [3.8, 4) is 0 Å². The molecule has 2 atom stereocenters. The van der Waals surface area contributed by atoms with Crippen molar-refractivity contribution in [2.75, 3.05) is 26.8 Å². The third kappa shape index (κ3) is 1.67. The summed E-state index contributed by atoms with van der Waals surface area (Å²) in [6.45, 7) is 0.983. The van der Waals surface area contributed by atoms with E-state index in [-0.39, 0.29) is 24.7 Å². The largest absolute Gasteiger partial charge is 0.453 e. The van der Waals surface area contributed by atoms with Crippen LogP contribution in [0, 0.1) is 5.92 Å². The number of aliphatic hydroxyl groups excluding tert-OH is 1. The fourth-order valence-corrected chi connectivity index (χ4v) is 1.37. The van der Waals surface area contributed by atoms with E-state index in [0.717, 1.165) is 0 Å². The van der Waals surface area contributed by atoms with E-state index >= 15 is 0 Å². The van der Waals surface area contributed by atoms with Gasteiger partial charge in [-0.3, -0.25) is 0 Å². The summed E-state index contributed by atoms with van der Waals surface area (Å²) >= 11 is 0. The molecule has 70 valence electrons. The highest BCUT2D eigenvalue weighted by Gasteiger charge is 2.32. The van der Waals surface area contributed by atoms with Gasteiger partial charge in [-0.2, -0.15) is 0 Å². The number of likely N-dealkylation sites (tertiary alicyclic amines) is 1. The van der Waals surface area contributed by atoms with Gasteiger partial charge in [-0.15, -0.1) is 0 Å². The maximum absolute atomic E-state index is 11.0. The van der Waals surface area contributed by atoms with Gasteiger partial charge in [-0.05, 0) is 0 Å². The van der Waals surface area contributed by atoms with Crippen LogP contribution in [0.1, 0.15) is 0 Å². The van der Waals surface area contributed by atoms with E-state index in [9.17, 15) is 4.79 Å². The Morgan fingerprint density at radius 2 is 2.42 bits per heavy atom. The molecule has 1 rings (SSSR count). The molecule has 1 fully saturated rings. The summed E-state index contributed by atoms with van der Waals surface area (Å²) in [6, 6.07) is -0.130. The minimum atomic E-state index is -0.374. The third-order valence-electron chi connectivity index (χ3n) is 2.16. The lowest BCUT2D eigenvalue weighted by molar-refractivity contribution is 0.129. The number of nitrogens with zero attached hydrogens (tertiary/aromatic N) is 1. The lowest BCUT2D eigenvalue weighted by Crippen LogP contribution is -2.32. The molecule has 0 spiro atoms. The minimum Gasteiger partial charge on any atom is -0.453 e. The fourth-order valence-electron chi connectivity index (χ4n) is 1.37. The van der Waals surface area contributed by atoms with Crippen molar-refractivity contribution in [3.63, 3.8) is 0 Å². The first kappa shape index (κ1) is 9.28. The van der Waals surface area contributed by atoms with Crippen molar-refractivity contribution in [3.05, 3.63) is 0 Å². The lowest BCUT2D eigenvalue weighted by Gasteiger charge is -2.13. The molecule has 0 aromatic rings. The van der Waals surface area contributed by atoms with Gasteiger partial charge in [0.25, 0.3) is 0 Å². The van der Waals surface area contributed by atoms with Crippen molar-refractivity contribution >= 4 is 6.09 Å². The van der Waals surface area contributed by atoms with Crippen LogP contribution < -0.4 is 5.73 Å². The predicted molar refractivity (Wildman–Crippen MR) is 42.5 cm³/mol. The van der Waals surface area contributed by atoms with Crippen molar-refractivity contribution in [1.29, 1.82) is 0 Å². The number of ether oxygens (including phenoxy) is 1. The van der Waals surface area contributed by atoms with Crippen LogP contribution in [0.3, 0.4) is 0 Å². The molecule has 3 N–H and O–H groups in total. The zero-order valence-electron chi connectivity index (χ0n) is 7.06.